The number of rotatable bonds is 7. The Morgan fingerprint density at radius 1 is 1.12 bits per heavy atom. The fraction of sp³-hybridized carbons (Fsp3) is 0.400. The Hall–Kier alpha value is -3.19. The molecular formula is C25H32N6O. The van der Waals surface area contributed by atoms with Gasteiger partial charge in [-0.2, -0.15) is 5.10 Å². The van der Waals surface area contributed by atoms with Crippen LogP contribution in [0.4, 0.5) is 4.79 Å². The van der Waals surface area contributed by atoms with Gasteiger partial charge in [-0.05, 0) is 61.1 Å². The Morgan fingerprint density at radius 3 is 2.56 bits per heavy atom. The Balaban J connectivity index is 1.23. The molecule has 0 bridgehead atoms. The number of carbonyl (C=O) groups is 1. The number of piperidine rings is 1. The maximum atomic E-state index is 12.4. The van der Waals surface area contributed by atoms with Gasteiger partial charge in [0, 0.05) is 19.6 Å². The lowest BCUT2D eigenvalue weighted by molar-refractivity contribution is 0.176. The van der Waals surface area contributed by atoms with Crippen molar-refractivity contribution in [2.45, 2.75) is 45.8 Å². The molecule has 4 rings (SSSR count). The minimum Gasteiger partial charge on any atom is -0.334 e. The molecule has 0 radical (unpaired) electrons. The van der Waals surface area contributed by atoms with Crippen molar-refractivity contribution in [2.24, 2.45) is 5.92 Å². The number of likely N-dealkylation sites (tertiary alicyclic amines) is 1. The van der Waals surface area contributed by atoms with E-state index in [4.69, 9.17) is 0 Å². The number of amides is 2. The van der Waals surface area contributed by atoms with Crippen LogP contribution in [0.2, 0.25) is 0 Å². The molecule has 2 heterocycles. The summed E-state index contributed by atoms with van der Waals surface area (Å²) in [5, 5.41) is 10.1. The predicted octanol–water partition coefficient (Wildman–Crippen LogP) is 4.06. The molecular weight excluding hydrogens is 400 g/mol. The van der Waals surface area contributed by atoms with Crippen LogP contribution in [0.15, 0.2) is 61.2 Å². The van der Waals surface area contributed by atoms with Crippen LogP contribution in [0, 0.1) is 5.92 Å². The predicted molar refractivity (Wildman–Crippen MR) is 125 cm³/mol. The Kier molecular flexibility index (Phi) is 7.17. The summed E-state index contributed by atoms with van der Waals surface area (Å²) in [7, 11) is 0. The highest BCUT2D eigenvalue weighted by atomic mass is 16.2. The van der Waals surface area contributed by atoms with Gasteiger partial charge in [-0.1, -0.05) is 43.3 Å². The first-order valence-corrected chi connectivity index (χ1v) is 11.4. The monoisotopic (exact) mass is 432 g/mol. The number of hydrogen-bond donors (Lipinski definition) is 2. The first-order chi connectivity index (χ1) is 15.6. The molecule has 1 fully saturated rings. The number of nitrogens with zero attached hydrogens (tertiary/aromatic N) is 4. The van der Waals surface area contributed by atoms with Crippen molar-refractivity contribution in [3.05, 3.63) is 77.9 Å². The largest absolute Gasteiger partial charge is 0.334 e. The van der Waals surface area contributed by atoms with E-state index in [2.05, 4.69) is 56.8 Å². The standard InChI is InChI=1S/C25H32N6O/c1-19-4-3-13-30(15-19)16-22-7-5-21(6-8-22)14-27-25(32)29-20(2)23-9-11-24(12-10-23)31-18-26-17-28-31/h5-12,17-20H,3-4,13-16H2,1-2H3,(H2,27,29,32). The lowest BCUT2D eigenvalue weighted by atomic mass is 9.99. The highest BCUT2D eigenvalue weighted by molar-refractivity contribution is 5.74. The van der Waals surface area contributed by atoms with Gasteiger partial charge in [-0.15, -0.1) is 0 Å². The van der Waals surface area contributed by atoms with Crippen LogP contribution in [0.1, 0.15) is 49.4 Å². The van der Waals surface area contributed by atoms with Crippen molar-refractivity contribution in [1.82, 2.24) is 30.3 Å². The topological polar surface area (TPSA) is 75.1 Å². The second-order valence-electron chi connectivity index (χ2n) is 8.78. The summed E-state index contributed by atoms with van der Waals surface area (Å²) >= 11 is 0. The minimum atomic E-state index is -0.177. The number of nitrogens with one attached hydrogen (secondary N) is 2. The van der Waals surface area contributed by atoms with Gasteiger partial charge in [0.15, 0.2) is 0 Å². The third-order valence-electron chi connectivity index (χ3n) is 6.05. The van der Waals surface area contributed by atoms with E-state index in [0.717, 1.165) is 29.3 Å². The van der Waals surface area contributed by atoms with E-state index in [0.29, 0.717) is 6.54 Å². The fourth-order valence-electron chi connectivity index (χ4n) is 4.22. The second kappa shape index (κ2) is 10.4. The van der Waals surface area contributed by atoms with Gasteiger partial charge in [0.25, 0.3) is 0 Å². The van der Waals surface area contributed by atoms with Gasteiger partial charge < -0.3 is 10.6 Å². The lowest BCUT2D eigenvalue weighted by Gasteiger charge is -2.30. The van der Waals surface area contributed by atoms with E-state index in [1.165, 1.54) is 37.8 Å². The van der Waals surface area contributed by atoms with Crippen LogP contribution < -0.4 is 10.6 Å². The molecule has 3 aromatic rings. The zero-order valence-electron chi connectivity index (χ0n) is 18.9. The molecule has 0 saturated carbocycles. The van der Waals surface area contributed by atoms with Gasteiger partial charge in [0.05, 0.1) is 11.7 Å². The first kappa shape index (κ1) is 22.0. The van der Waals surface area contributed by atoms with Gasteiger partial charge >= 0.3 is 6.03 Å². The summed E-state index contributed by atoms with van der Waals surface area (Å²) in [5.41, 5.74) is 4.39. The molecule has 168 valence electrons. The molecule has 0 spiro atoms. The molecule has 2 N–H and O–H groups in total. The van der Waals surface area contributed by atoms with Crippen LogP contribution in [0.5, 0.6) is 0 Å². The average molecular weight is 433 g/mol. The molecule has 1 aliphatic heterocycles. The molecule has 0 aliphatic carbocycles. The van der Waals surface area contributed by atoms with Crippen LogP contribution in [-0.2, 0) is 13.1 Å². The molecule has 32 heavy (non-hydrogen) atoms. The lowest BCUT2D eigenvalue weighted by Crippen LogP contribution is -2.36. The molecule has 7 nitrogen and oxygen atoms in total. The molecule has 2 unspecified atom stereocenters. The fourth-order valence-corrected chi connectivity index (χ4v) is 4.22. The van der Waals surface area contributed by atoms with Gasteiger partial charge in [0.2, 0.25) is 0 Å². The number of urea groups is 1. The zero-order chi connectivity index (χ0) is 22.3. The molecule has 2 atom stereocenters. The smallest absolute Gasteiger partial charge is 0.315 e. The Bertz CT molecular complexity index is 984. The van der Waals surface area contributed by atoms with Crippen LogP contribution in [-0.4, -0.2) is 38.8 Å². The number of carbonyl (C=O) groups excluding carboxylic acids is 1. The number of benzene rings is 2. The van der Waals surface area contributed by atoms with E-state index in [1.807, 2.05) is 31.2 Å². The van der Waals surface area contributed by atoms with E-state index in [-0.39, 0.29) is 12.1 Å². The quantitative estimate of drug-likeness (QED) is 0.590. The van der Waals surface area contributed by atoms with Crippen molar-refractivity contribution in [2.75, 3.05) is 13.1 Å². The average Bonchev–Trinajstić information content (AvgIpc) is 3.34. The van der Waals surface area contributed by atoms with Crippen LogP contribution in [0.3, 0.4) is 0 Å². The maximum absolute atomic E-state index is 12.4. The van der Waals surface area contributed by atoms with Gasteiger partial charge in [0.1, 0.15) is 12.7 Å². The molecule has 1 saturated heterocycles. The highest BCUT2D eigenvalue weighted by Gasteiger charge is 2.16. The number of hydrogen-bond acceptors (Lipinski definition) is 4. The first-order valence-electron chi connectivity index (χ1n) is 11.4. The molecule has 2 aromatic carbocycles. The maximum Gasteiger partial charge on any atom is 0.315 e. The summed E-state index contributed by atoms with van der Waals surface area (Å²) in [5.74, 6) is 0.791. The van der Waals surface area contributed by atoms with Crippen LogP contribution >= 0.6 is 0 Å². The van der Waals surface area contributed by atoms with Crippen molar-refractivity contribution < 1.29 is 4.79 Å². The highest BCUT2D eigenvalue weighted by Crippen LogP contribution is 2.18. The molecule has 1 aromatic heterocycles. The Morgan fingerprint density at radius 2 is 1.88 bits per heavy atom. The molecule has 2 amide bonds. The summed E-state index contributed by atoms with van der Waals surface area (Å²) < 4.78 is 1.70. The van der Waals surface area contributed by atoms with Crippen molar-refractivity contribution >= 4 is 6.03 Å². The number of aromatic nitrogens is 3. The normalized spacial score (nSPS) is 17.6. The summed E-state index contributed by atoms with van der Waals surface area (Å²) in [6.07, 6.45) is 5.80. The van der Waals surface area contributed by atoms with Gasteiger partial charge in [-0.3, -0.25) is 4.90 Å². The second-order valence-corrected chi connectivity index (χ2v) is 8.78. The van der Waals surface area contributed by atoms with Crippen molar-refractivity contribution in [3.63, 3.8) is 0 Å². The van der Waals surface area contributed by atoms with E-state index in [9.17, 15) is 4.79 Å². The van der Waals surface area contributed by atoms with Crippen LogP contribution in [0.25, 0.3) is 5.69 Å². The Labute approximate surface area is 189 Å². The van der Waals surface area contributed by atoms with Crippen molar-refractivity contribution in [1.29, 1.82) is 0 Å². The molecule has 1 aliphatic rings. The summed E-state index contributed by atoms with van der Waals surface area (Å²) in [6, 6.07) is 16.2. The SMILES string of the molecule is CC1CCCN(Cc2ccc(CNC(=O)NC(C)c3ccc(-n4cncn4)cc3)cc2)C1. The van der Waals surface area contributed by atoms with Crippen molar-refractivity contribution in [3.8, 4) is 5.69 Å². The van der Waals surface area contributed by atoms with E-state index >= 15 is 0 Å². The summed E-state index contributed by atoms with van der Waals surface area (Å²) in [6.45, 7) is 8.19. The third kappa shape index (κ3) is 5.95. The zero-order valence-corrected chi connectivity index (χ0v) is 18.9. The van der Waals surface area contributed by atoms with E-state index in [1.54, 1.807) is 11.0 Å². The molecule has 7 heteroatoms. The third-order valence-corrected chi connectivity index (χ3v) is 6.05. The summed E-state index contributed by atoms with van der Waals surface area (Å²) in [4.78, 5) is 18.9. The van der Waals surface area contributed by atoms with Gasteiger partial charge in [-0.25, -0.2) is 14.5 Å². The minimum absolute atomic E-state index is 0.103. The van der Waals surface area contributed by atoms with E-state index < -0.39 is 0 Å².